The van der Waals surface area contributed by atoms with E-state index in [2.05, 4.69) is 0 Å². The number of esters is 1. The number of aliphatic hydroxyl groups is 1. The molecule has 0 amide bonds. The smallest absolute Gasteiger partial charge is 0.343 e. The van der Waals surface area contributed by atoms with Gasteiger partial charge < -0.3 is 14.4 Å². The van der Waals surface area contributed by atoms with Crippen molar-refractivity contribution in [1.29, 1.82) is 0 Å². The third-order valence-corrected chi connectivity index (χ3v) is 6.18. The second kappa shape index (κ2) is 5.73. The number of carbonyl (C=O) groups excluding carboxylic acids is 1. The number of aryl methyl sites for hydroxylation is 2. The van der Waals surface area contributed by atoms with Gasteiger partial charge in [0, 0.05) is 16.5 Å². The number of nitrogens with zero attached hydrogens (tertiary/aromatic N) is 2. The molecule has 0 saturated carbocycles. The minimum atomic E-state index is -1.90. The molecule has 2 aliphatic rings. The monoisotopic (exact) mass is 394 g/mol. The zero-order valence-electron chi connectivity index (χ0n) is 16.3. The summed E-state index contributed by atoms with van der Waals surface area (Å²) >= 11 is 0. The van der Waals surface area contributed by atoms with Gasteiger partial charge in [0.25, 0.3) is 5.56 Å². The Bertz CT molecular complexity index is 1310. The van der Waals surface area contributed by atoms with Crippen LogP contribution in [0.4, 0.5) is 4.39 Å². The van der Waals surface area contributed by atoms with Crippen LogP contribution in [0, 0.1) is 19.7 Å². The van der Waals surface area contributed by atoms with Crippen LogP contribution in [0.15, 0.2) is 23.0 Å². The number of hydrogen-bond donors (Lipinski definition) is 1. The summed E-state index contributed by atoms with van der Waals surface area (Å²) in [5.41, 5.74) is 1.45. The summed E-state index contributed by atoms with van der Waals surface area (Å²) in [7, 11) is 0. The average Bonchev–Trinajstić information content (AvgIpc) is 3.08. The van der Waals surface area contributed by atoms with E-state index < -0.39 is 17.1 Å². The number of aromatic nitrogens is 2. The van der Waals surface area contributed by atoms with Crippen molar-refractivity contribution in [2.24, 2.45) is 0 Å². The van der Waals surface area contributed by atoms with Gasteiger partial charge in [-0.25, -0.2) is 14.2 Å². The van der Waals surface area contributed by atoms with Gasteiger partial charge in [-0.05, 0) is 37.5 Å². The summed E-state index contributed by atoms with van der Waals surface area (Å²) in [6.07, 6.45) is 0.0619. The van der Waals surface area contributed by atoms with Gasteiger partial charge in [-0.2, -0.15) is 0 Å². The van der Waals surface area contributed by atoms with Gasteiger partial charge in [0.05, 0.1) is 29.0 Å². The topological polar surface area (TPSA) is 81.4 Å². The molecule has 5 rings (SSSR count). The van der Waals surface area contributed by atoms with Gasteiger partial charge in [-0.1, -0.05) is 19.1 Å². The quantitative estimate of drug-likeness (QED) is 0.502. The molecule has 2 aromatic heterocycles. The Morgan fingerprint density at radius 2 is 1.97 bits per heavy atom. The number of benzene rings is 1. The fourth-order valence-corrected chi connectivity index (χ4v) is 4.42. The summed E-state index contributed by atoms with van der Waals surface area (Å²) in [6.45, 7) is 5.18. The number of halogens is 1. The van der Waals surface area contributed by atoms with E-state index in [9.17, 15) is 14.7 Å². The zero-order valence-corrected chi connectivity index (χ0v) is 16.3. The normalized spacial score (nSPS) is 19.7. The molecule has 4 heterocycles. The largest absolute Gasteiger partial charge is 0.458 e. The fraction of sp³-hybridized carbons (Fsp3) is 0.318. The molecule has 29 heavy (non-hydrogen) atoms. The molecule has 0 bridgehead atoms. The summed E-state index contributed by atoms with van der Waals surface area (Å²) in [5.74, 6) is -1.16. The Balaban J connectivity index is 1.86. The van der Waals surface area contributed by atoms with Crippen LogP contribution < -0.4 is 5.56 Å². The molecule has 0 unspecified atom stereocenters. The van der Waals surface area contributed by atoms with E-state index in [0.29, 0.717) is 27.9 Å². The molecular formula is C22H19FN2O4. The van der Waals surface area contributed by atoms with Crippen LogP contribution in [0.5, 0.6) is 0 Å². The van der Waals surface area contributed by atoms with E-state index in [-0.39, 0.29) is 36.5 Å². The first kappa shape index (κ1) is 18.0. The van der Waals surface area contributed by atoms with Gasteiger partial charge in [-0.3, -0.25) is 4.79 Å². The third kappa shape index (κ3) is 2.16. The zero-order chi connectivity index (χ0) is 20.7. The van der Waals surface area contributed by atoms with Crippen molar-refractivity contribution in [2.45, 2.75) is 45.9 Å². The number of hydrogen-bond acceptors (Lipinski definition) is 5. The summed E-state index contributed by atoms with van der Waals surface area (Å²) in [6, 6.07) is 5.33. The molecule has 6 nitrogen and oxygen atoms in total. The highest BCUT2D eigenvalue weighted by atomic mass is 19.1. The molecule has 148 valence electrons. The van der Waals surface area contributed by atoms with E-state index in [1.54, 1.807) is 13.0 Å². The molecule has 0 fully saturated rings. The second-order valence-corrected chi connectivity index (χ2v) is 7.78. The number of rotatable bonds is 1. The maximum Gasteiger partial charge on any atom is 0.343 e. The minimum Gasteiger partial charge on any atom is -0.458 e. The highest BCUT2D eigenvalue weighted by Crippen LogP contribution is 2.40. The van der Waals surface area contributed by atoms with E-state index >= 15 is 4.39 Å². The average molecular weight is 394 g/mol. The molecule has 0 spiro atoms. The van der Waals surface area contributed by atoms with Crippen molar-refractivity contribution in [3.8, 4) is 11.4 Å². The summed E-state index contributed by atoms with van der Waals surface area (Å²) in [4.78, 5) is 30.1. The molecule has 0 radical (unpaired) electrons. The van der Waals surface area contributed by atoms with E-state index in [1.165, 1.54) is 4.57 Å². The number of cyclic esters (lactones) is 1. The lowest BCUT2D eigenvalue weighted by Crippen LogP contribution is -2.44. The van der Waals surface area contributed by atoms with Gasteiger partial charge in [0.15, 0.2) is 5.60 Å². The Morgan fingerprint density at radius 1 is 1.24 bits per heavy atom. The molecule has 1 aromatic carbocycles. The first-order valence-corrected chi connectivity index (χ1v) is 9.53. The highest BCUT2D eigenvalue weighted by molar-refractivity contribution is 5.90. The van der Waals surface area contributed by atoms with Gasteiger partial charge >= 0.3 is 5.97 Å². The predicted octanol–water partition coefficient (Wildman–Crippen LogP) is 2.84. The van der Waals surface area contributed by atoms with Crippen molar-refractivity contribution in [3.05, 3.63) is 62.2 Å². The van der Waals surface area contributed by atoms with Gasteiger partial charge in [0.2, 0.25) is 0 Å². The predicted molar refractivity (Wildman–Crippen MR) is 104 cm³/mol. The van der Waals surface area contributed by atoms with Crippen LogP contribution in [0.25, 0.3) is 22.3 Å². The van der Waals surface area contributed by atoms with E-state index in [0.717, 1.165) is 11.1 Å². The molecule has 1 N–H and O–H groups in total. The summed E-state index contributed by atoms with van der Waals surface area (Å²) in [5, 5.41) is 11.4. The Kier molecular flexibility index (Phi) is 3.56. The standard InChI is InChI=1S/C22H19FN2O4/c1-4-22(28)14-7-15-19-12(8-25(15)20(26)13(14)9-29-21(22)27)17(23)16-10(2)5-6-11(3)18(16)24-19/h5-7,28H,4,8-9H2,1-3H3/t22-/m0/s1. The van der Waals surface area contributed by atoms with Crippen LogP contribution in [0.3, 0.4) is 0 Å². The highest BCUT2D eigenvalue weighted by Gasteiger charge is 2.45. The second-order valence-electron chi connectivity index (χ2n) is 7.78. The Hall–Kier alpha value is -3.06. The van der Waals surface area contributed by atoms with Crippen molar-refractivity contribution >= 4 is 16.9 Å². The molecule has 0 saturated heterocycles. The fourth-order valence-electron chi connectivity index (χ4n) is 4.42. The first-order chi connectivity index (χ1) is 13.8. The molecule has 7 heteroatoms. The number of ether oxygens (including phenoxy) is 1. The third-order valence-electron chi connectivity index (χ3n) is 6.18. The van der Waals surface area contributed by atoms with Gasteiger partial charge in [-0.15, -0.1) is 0 Å². The molecule has 0 aliphatic carbocycles. The number of fused-ring (bicyclic) bond motifs is 5. The van der Waals surface area contributed by atoms with Crippen molar-refractivity contribution in [1.82, 2.24) is 9.55 Å². The molecule has 3 aromatic rings. The van der Waals surface area contributed by atoms with Crippen LogP contribution in [0.2, 0.25) is 0 Å². The lowest BCUT2D eigenvalue weighted by atomic mass is 9.86. The maximum absolute atomic E-state index is 15.5. The van der Waals surface area contributed by atoms with Crippen LogP contribution in [-0.4, -0.2) is 20.6 Å². The van der Waals surface area contributed by atoms with Crippen LogP contribution in [0.1, 0.15) is 41.2 Å². The molecule has 1 atom stereocenters. The van der Waals surface area contributed by atoms with Crippen molar-refractivity contribution in [3.63, 3.8) is 0 Å². The molecule has 2 aliphatic heterocycles. The lowest BCUT2D eigenvalue weighted by molar-refractivity contribution is -0.172. The van der Waals surface area contributed by atoms with Crippen molar-refractivity contribution < 1.29 is 19.0 Å². The Labute approximate surface area is 165 Å². The maximum atomic E-state index is 15.5. The van der Waals surface area contributed by atoms with E-state index in [1.807, 2.05) is 26.0 Å². The van der Waals surface area contributed by atoms with Crippen LogP contribution in [-0.2, 0) is 28.3 Å². The SMILES string of the molecule is CC[C@@]1(O)C(=O)OCc2c1cc1n(c2=O)Cc2c-1nc1c(C)ccc(C)c1c2F. The van der Waals surface area contributed by atoms with E-state index in [4.69, 9.17) is 9.72 Å². The minimum absolute atomic E-state index is 0.0530. The first-order valence-electron chi connectivity index (χ1n) is 9.53. The molecular weight excluding hydrogens is 375 g/mol. The van der Waals surface area contributed by atoms with Crippen molar-refractivity contribution in [2.75, 3.05) is 0 Å². The Morgan fingerprint density at radius 3 is 2.69 bits per heavy atom. The lowest BCUT2D eigenvalue weighted by Gasteiger charge is -2.31. The summed E-state index contributed by atoms with van der Waals surface area (Å²) < 4.78 is 22.0. The van der Waals surface area contributed by atoms with Gasteiger partial charge in [0.1, 0.15) is 12.4 Å². The number of carbonyl (C=O) groups is 1. The van der Waals surface area contributed by atoms with Crippen LogP contribution >= 0.6 is 0 Å². The number of pyridine rings is 2.